The molecule has 1 unspecified atom stereocenters. The molecule has 0 fully saturated rings. The summed E-state index contributed by atoms with van der Waals surface area (Å²) in [5.41, 5.74) is 5.23. The van der Waals surface area contributed by atoms with Gasteiger partial charge in [-0.15, -0.1) is 0 Å². The van der Waals surface area contributed by atoms with Gasteiger partial charge in [-0.1, -0.05) is 19.1 Å². The lowest BCUT2D eigenvalue weighted by molar-refractivity contribution is 0.422. The van der Waals surface area contributed by atoms with Gasteiger partial charge in [-0.3, -0.25) is 0 Å². The van der Waals surface area contributed by atoms with Gasteiger partial charge in [-0.05, 0) is 19.4 Å². The molecule has 0 aromatic heterocycles. The van der Waals surface area contributed by atoms with Crippen LogP contribution in [0.3, 0.4) is 0 Å². The van der Waals surface area contributed by atoms with Crippen LogP contribution in [0.2, 0.25) is 0 Å². The average molecular weight is 185 g/mol. The highest BCUT2D eigenvalue weighted by molar-refractivity contribution is 5.25. The highest BCUT2D eigenvalue weighted by atomic mass is 19.2. The van der Waals surface area contributed by atoms with Crippen molar-refractivity contribution >= 4 is 0 Å². The molecule has 0 spiro atoms. The van der Waals surface area contributed by atoms with E-state index in [0.29, 0.717) is 6.42 Å². The van der Waals surface area contributed by atoms with E-state index in [-0.39, 0.29) is 5.56 Å². The van der Waals surface area contributed by atoms with Gasteiger partial charge in [0.05, 0.1) is 0 Å². The standard InChI is InChI=1S/C10H13F2N/c1-3-10(2,13)7-5-4-6-8(11)9(7)12/h4-6H,3,13H2,1-2H3. The SMILES string of the molecule is CCC(C)(N)c1cccc(F)c1F. The molecule has 13 heavy (non-hydrogen) atoms. The Bertz CT molecular complexity index is 308. The lowest BCUT2D eigenvalue weighted by Crippen LogP contribution is -2.33. The van der Waals surface area contributed by atoms with E-state index in [1.165, 1.54) is 12.1 Å². The summed E-state index contributed by atoms with van der Waals surface area (Å²) in [5.74, 6) is -1.68. The molecular weight excluding hydrogens is 172 g/mol. The van der Waals surface area contributed by atoms with Crippen molar-refractivity contribution in [2.24, 2.45) is 5.73 Å². The molecule has 0 heterocycles. The molecule has 0 radical (unpaired) electrons. The molecule has 1 atom stereocenters. The van der Waals surface area contributed by atoms with E-state index in [0.717, 1.165) is 6.07 Å². The van der Waals surface area contributed by atoms with Crippen LogP contribution in [-0.2, 0) is 5.54 Å². The fourth-order valence-electron chi connectivity index (χ4n) is 1.14. The van der Waals surface area contributed by atoms with Gasteiger partial charge in [0.15, 0.2) is 11.6 Å². The summed E-state index contributed by atoms with van der Waals surface area (Å²) in [6.45, 7) is 3.52. The third-order valence-corrected chi connectivity index (χ3v) is 2.30. The predicted molar refractivity (Wildman–Crippen MR) is 48.2 cm³/mol. The van der Waals surface area contributed by atoms with Crippen LogP contribution < -0.4 is 5.73 Å². The molecule has 1 nitrogen and oxygen atoms in total. The van der Waals surface area contributed by atoms with E-state index in [2.05, 4.69) is 0 Å². The number of benzene rings is 1. The second-order valence-corrected chi connectivity index (χ2v) is 3.37. The quantitative estimate of drug-likeness (QED) is 0.752. The normalized spacial score (nSPS) is 15.5. The molecule has 3 heteroatoms. The van der Waals surface area contributed by atoms with Crippen LogP contribution in [0.5, 0.6) is 0 Å². The van der Waals surface area contributed by atoms with Gasteiger partial charge in [0, 0.05) is 11.1 Å². The zero-order valence-corrected chi connectivity index (χ0v) is 7.77. The van der Waals surface area contributed by atoms with Gasteiger partial charge in [0.25, 0.3) is 0 Å². The van der Waals surface area contributed by atoms with Crippen molar-refractivity contribution in [3.8, 4) is 0 Å². The first-order valence-corrected chi connectivity index (χ1v) is 4.22. The van der Waals surface area contributed by atoms with Crippen molar-refractivity contribution in [3.63, 3.8) is 0 Å². The third kappa shape index (κ3) is 1.86. The van der Waals surface area contributed by atoms with Crippen LogP contribution in [0.1, 0.15) is 25.8 Å². The van der Waals surface area contributed by atoms with Crippen molar-refractivity contribution in [2.45, 2.75) is 25.8 Å². The van der Waals surface area contributed by atoms with Crippen molar-refractivity contribution in [3.05, 3.63) is 35.4 Å². The highest BCUT2D eigenvalue weighted by Gasteiger charge is 2.23. The highest BCUT2D eigenvalue weighted by Crippen LogP contribution is 2.25. The molecule has 1 rings (SSSR count). The van der Waals surface area contributed by atoms with Crippen molar-refractivity contribution in [1.82, 2.24) is 0 Å². The topological polar surface area (TPSA) is 26.0 Å². The minimum atomic E-state index is -0.845. The second kappa shape index (κ2) is 3.42. The molecule has 72 valence electrons. The summed E-state index contributed by atoms with van der Waals surface area (Å²) in [6.07, 6.45) is 0.563. The van der Waals surface area contributed by atoms with Gasteiger partial charge < -0.3 is 5.73 Å². The Morgan fingerprint density at radius 3 is 2.54 bits per heavy atom. The maximum Gasteiger partial charge on any atom is 0.163 e. The molecule has 0 saturated carbocycles. The molecular formula is C10H13F2N. The molecule has 1 aromatic rings. The average Bonchev–Trinajstić information content (AvgIpc) is 2.09. The molecule has 2 N–H and O–H groups in total. The first-order valence-electron chi connectivity index (χ1n) is 4.22. The molecule has 0 bridgehead atoms. The van der Waals surface area contributed by atoms with E-state index < -0.39 is 17.2 Å². The zero-order chi connectivity index (χ0) is 10.1. The first kappa shape index (κ1) is 10.1. The minimum absolute atomic E-state index is 0.231. The van der Waals surface area contributed by atoms with Crippen LogP contribution in [0.15, 0.2) is 18.2 Å². The Labute approximate surface area is 76.6 Å². The summed E-state index contributed by atoms with van der Waals surface area (Å²) in [4.78, 5) is 0. The molecule has 1 aromatic carbocycles. The maximum absolute atomic E-state index is 13.2. The molecule has 0 amide bonds. The lowest BCUT2D eigenvalue weighted by atomic mass is 9.90. The van der Waals surface area contributed by atoms with E-state index in [1.54, 1.807) is 6.92 Å². The zero-order valence-electron chi connectivity index (χ0n) is 7.77. The summed E-state index contributed by atoms with van der Waals surface area (Å²) in [6, 6.07) is 4.07. The van der Waals surface area contributed by atoms with Gasteiger partial charge >= 0.3 is 0 Å². The van der Waals surface area contributed by atoms with E-state index >= 15 is 0 Å². The maximum atomic E-state index is 13.2. The Morgan fingerprint density at radius 1 is 1.38 bits per heavy atom. The summed E-state index contributed by atoms with van der Waals surface area (Å²) in [7, 11) is 0. The first-order chi connectivity index (χ1) is 5.99. The fourth-order valence-corrected chi connectivity index (χ4v) is 1.14. The summed E-state index contributed by atoms with van der Waals surface area (Å²) in [5, 5.41) is 0. The Morgan fingerprint density at radius 2 is 2.00 bits per heavy atom. The Balaban J connectivity index is 3.22. The van der Waals surface area contributed by atoms with Crippen molar-refractivity contribution in [2.75, 3.05) is 0 Å². The van der Waals surface area contributed by atoms with Crippen LogP contribution >= 0.6 is 0 Å². The van der Waals surface area contributed by atoms with E-state index in [1.807, 2.05) is 6.92 Å². The predicted octanol–water partition coefficient (Wildman–Crippen LogP) is 2.55. The van der Waals surface area contributed by atoms with Gasteiger partial charge in [0.2, 0.25) is 0 Å². The lowest BCUT2D eigenvalue weighted by Gasteiger charge is -2.23. The fraction of sp³-hybridized carbons (Fsp3) is 0.400. The number of hydrogen-bond acceptors (Lipinski definition) is 1. The van der Waals surface area contributed by atoms with Crippen LogP contribution in [0, 0.1) is 11.6 Å². The van der Waals surface area contributed by atoms with Crippen LogP contribution in [0.25, 0.3) is 0 Å². The number of halogens is 2. The number of nitrogens with two attached hydrogens (primary N) is 1. The Hall–Kier alpha value is -0.960. The third-order valence-electron chi connectivity index (χ3n) is 2.30. The minimum Gasteiger partial charge on any atom is -0.322 e. The van der Waals surface area contributed by atoms with Gasteiger partial charge in [-0.25, -0.2) is 8.78 Å². The molecule has 0 aliphatic carbocycles. The monoisotopic (exact) mass is 185 g/mol. The molecule has 0 aliphatic heterocycles. The van der Waals surface area contributed by atoms with Gasteiger partial charge in [0.1, 0.15) is 0 Å². The van der Waals surface area contributed by atoms with Gasteiger partial charge in [-0.2, -0.15) is 0 Å². The van der Waals surface area contributed by atoms with Crippen molar-refractivity contribution in [1.29, 1.82) is 0 Å². The van der Waals surface area contributed by atoms with Crippen LogP contribution in [0.4, 0.5) is 8.78 Å². The van der Waals surface area contributed by atoms with Crippen LogP contribution in [-0.4, -0.2) is 0 Å². The smallest absolute Gasteiger partial charge is 0.163 e. The second-order valence-electron chi connectivity index (χ2n) is 3.37. The van der Waals surface area contributed by atoms with E-state index in [4.69, 9.17) is 5.73 Å². The summed E-state index contributed by atoms with van der Waals surface area (Å²) >= 11 is 0. The van der Waals surface area contributed by atoms with Crippen molar-refractivity contribution < 1.29 is 8.78 Å². The largest absolute Gasteiger partial charge is 0.322 e. The van der Waals surface area contributed by atoms with E-state index in [9.17, 15) is 8.78 Å². The Kier molecular flexibility index (Phi) is 2.66. The number of rotatable bonds is 2. The molecule has 0 aliphatic rings. The number of hydrogen-bond donors (Lipinski definition) is 1. The molecule has 0 saturated heterocycles. The summed E-state index contributed by atoms with van der Waals surface area (Å²) < 4.78 is 26.0.